The first-order chi connectivity index (χ1) is 46.9. The van der Waals surface area contributed by atoms with E-state index in [4.69, 9.17) is 33.2 Å². The summed E-state index contributed by atoms with van der Waals surface area (Å²) in [6.07, 6.45) is 5.91. The van der Waals surface area contributed by atoms with E-state index in [-0.39, 0.29) is 51.9 Å². The van der Waals surface area contributed by atoms with Crippen LogP contribution < -0.4 is 57.9 Å². The normalized spacial score (nSPS) is 13.1. The van der Waals surface area contributed by atoms with Crippen LogP contribution in [-0.4, -0.2) is 188 Å². The monoisotopic (exact) mass is 1430 g/mol. The van der Waals surface area contributed by atoms with Gasteiger partial charge in [-0.1, -0.05) is 31.9 Å². The molecular weight excluding hydrogens is 1300 g/mol. The molecule has 28 heteroatoms. The molecule has 28 nitrogen and oxygen atoms in total. The second kappa shape index (κ2) is 46.9. The number of unbranched alkanes of at least 4 members (excludes halogenated alkanes) is 6. The number of hydrogen-bond acceptors (Lipinski definition) is 18. The van der Waals surface area contributed by atoms with E-state index in [0.29, 0.717) is 104 Å². The molecule has 0 radical (unpaired) electrons. The van der Waals surface area contributed by atoms with Gasteiger partial charge in [0.1, 0.15) is 70.1 Å². The van der Waals surface area contributed by atoms with Crippen LogP contribution in [-0.2, 0) is 54.0 Å². The summed E-state index contributed by atoms with van der Waals surface area (Å²) in [6, 6.07) is 4.28. The van der Waals surface area contributed by atoms with Crippen molar-refractivity contribution in [2.75, 3.05) is 65.5 Å². The molecule has 10 amide bonds. The van der Waals surface area contributed by atoms with Crippen molar-refractivity contribution in [3.8, 4) is 5.75 Å². The zero-order valence-electron chi connectivity index (χ0n) is 64.8. The Labute approximate surface area is 603 Å². The minimum absolute atomic E-state index is 0.204. The van der Waals surface area contributed by atoms with Gasteiger partial charge >= 0.3 is 36.6 Å². The maximum absolute atomic E-state index is 13.9. The summed E-state index contributed by atoms with van der Waals surface area (Å²) in [5, 5.41) is 27.9. The molecule has 10 N–H and O–H groups in total. The average Bonchev–Trinajstić information content (AvgIpc) is 0.946. The lowest BCUT2D eigenvalue weighted by atomic mass is 10.1. The van der Waals surface area contributed by atoms with E-state index >= 15 is 0 Å². The van der Waals surface area contributed by atoms with E-state index in [2.05, 4.69) is 77.1 Å². The highest BCUT2D eigenvalue weighted by molar-refractivity contribution is 5.87. The quantitative estimate of drug-likeness (QED) is 0.0214. The molecule has 0 spiro atoms. The van der Waals surface area contributed by atoms with Crippen molar-refractivity contribution < 1.29 is 81.1 Å². The molecule has 101 heavy (non-hydrogen) atoms. The van der Waals surface area contributed by atoms with Gasteiger partial charge in [0.25, 0.3) is 0 Å². The molecule has 0 saturated heterocycles. The van der Waals surface area contributed by atoms with Crippen molar-refractivity contribution in [1.82, 2.24) is 58.1 Å². The molecule has 0 heterocycles. The first-order valence-electron chi connectivity index (χ1n) is 36.4. The fourth-order valence-corrected chi connectivity index (χ4v) is 9.68. The van der Waals surface area contributed by atoms with Crippen molar-refractivity contribution in [2.24, 2.45) is 0 Å². The SMILES string of the molecule is CCCCCc1ccc(OCCN(CCCNC(=O)[C@H](CCCCNC(=O)[C@H](CCCCNC(=O)OC(C)(C)C)NC(=O)OC(C)(C)C)NC(=O)OC(C)(C)C)CCCNC(=O)[C@H](CCCCNC(=O)[C@H](CCCCNC(=O)OC(C)(C)C)NC(=O)OC(C)(C)C)NC(=O)OC(C)(C)C)cc1. The molecule has 1 rings (SSSR count). The van der Waals surface area contributed by atoms with Gasteiger partial charge in [-0.25, -0.2) is 28.8 Å². The Morgan fingerprint density at radius 3 is 0.871 bits per heavy atom. The zero-order valence-corrected chi connectivity index (χ0v) is 64.8. The van der Waals surface area contributed by atoms with Gasteiger partial charge in [-0.05, 0) is 258 Å². The van der Waals surface area contributed by atoms with Crippen molar-refractivity contribution in [3.05, 3.63) is 29.8 Å². The van der Waals surface area contributed by atoms with E-state index in [1.54, 1.807) is 125 Å². The summed E-state index contributed by atoms with van der Waals surface area (Å²) in [6.45, 7) is 36.8. The number of carbonyl (C=O) groups is 10. The van der Waals surface area contributed by atoms with Crippen LogP contribution in [0.25, 0.3) is 0 Å². The third kappa shape index (κ3) is 51.3. The Balaban J connectivity index is 3.15. The molecule has 0 aromatic heterocycles. The smallest absolute Gasteiger partial charge is 0.408 e. The number of alkyl carbamates (subject to hydrolysis) is 6. The predicted molar refractivity (Wildman–Crippen MR) is 389 cm³/mol. The number of carbonyl (C=O) groups excluding carboxylic acids is 10. The average molecular weight is 1430 g/mol. The molecule has 1 aromatic rings. The molecule has 0 aliphatic carbocycles. The van der Waals surface area contributed by atoms with Gasteiger partial charge in [-0.2, -0.15) is 0 Å². The summed E-state index contributed by atoms with van der Waals surface area (Å²) in [5.41, 5.74) is -3.35. The van der Waals surface area contributed by atoms with E-state index < -0.39 is 118 Å². The van der Waals surface area contributed by atoms with Gasteiger partial charge < -0.3 is 86.3 Å². The fraction of sp³-hybridized carbons (Fsp3) is 0.781. The number of ether oxygens (including phenoxy) is 7. The first-order valence-corrected chi connectivity index (χ1v) is 36.4. The molecule has 0 saturated carbocycles. The maximum atomic E-state index is 13.9. The summed E-state index contributed by atoms with van der Waals surface area (Å²) in [7, 11) is 0. The molecular formula is C73H131N11O17. The third-order valence-corrected chi connectivity index (χ3v) is 14.2. The maximum Gasteiger partial charge on any atom is 0.408 e. The minimum Gasteiger partial charge on any atom is -0.492 e. The van der Waals surface area contributed by atoms with Crippen LogP contribution in [0.1, 0.15) is 246 Å². The number of nitrogens with one attached hydrogen (secondary N) is 10. The Morgan fingerprint density at radius 1 is 0.327 bits per heavy atom. The van der Waals surface area contributed by atoms with Crippen LogP contribution in [0.15, 0.2) is 24.3 Å². The lowest BCUT2D eigenvalue weighted by Gasteiger charge is -2.25. The van der Waals surface area contributed by atoms with E-state index in [0.717, 1.165) is 31.4 Å². The summed E-state index contributed by atoms with van der Waals surface area (Å²) >= 11 is 0. The lowest BCUT2D eigenvalue weighted by Crippen LogP contribution is -2.49. The molecule has 0 unspecified atom stereocenters. The Hall–Kier alpha value is -7.52. The number of nitrogens with zero attached hydrogens (tertiary/aromatic N) is 1. The van der Waals surface area contributed by atoms with Crippen LogP contribution in [0.3, 0.4) is 0 Å². The molecule has 0 aliphatic rings. The largest absolute Gasteiger partial charge is 0.492 e. The van der Waals surface area contributed by atoms with Gasteiger partial charge in [0, 0.05) is 45.8 Å². The second-order valence-electron chi connectivity index (χ2n) is 31.3. The van der Waals surface area contributed by atoms with Crippen molar-refractivity contribution >= 4 is 60.2 Å². The van der Waals surface area contributed by atoms with Crippen molar-refractivity contribution in [3.63, 3.8) is 0 Å². The molecule has 1 aromatic carbocycles. The van der Waals surface area contributed by atoms with Crippen molar-refractivity contribution in [2.45, 2.75) is 305 Å². The molecule has 4 atom stereocenters. The van der Waals surface area contributed by atoms with Crippen LogP contribution in [0, 0.1) is 0 Å². The standard InChI is InChI=1S/C73H131N11O17/c1-20-21-22-33-52-38-40-53(41-39-52)95-51-50-84(48-31-46-76-60(87)56(82-66(93)100-72(14,15)16)34-23-27-42-74-58(85)54(80-64(91)98-70(8,9)10)36-25-29-44-78-62(89)96-68(2,3)4)49-32-47-77-61(88)57(83-67(94)101-73(17,18)19)35-24-28-43-75-59(86)55(81-65(92)99-71(11,12)13)37-26-30-45-79-63(90)97-69(5,6)7/h38-41,54-57H,20-37,42-51H2,1-19H3,(H,74,85)(H,75,86)(H,76,87)(H,77,88)(H,78,89)(H,79,90)(H,80,91)(H,81,92)(H,82,93)(H,83,94)/t54-,55-,56-,57-/m0/s1. The number of aryl methyl sites for hydroxylation is 1. The number of rotatable bonds is 44. The van der Waals surface area contributed by atoms with Gasteiger partial charge in [-0.3, -0.25) is 24.1 Å². The van der Waals surface area contributed by atoms with Gasteiger partial charge in [0.2, 0.25) is 23.6 Å². The van der Waals surface area contributed by atoms with Crippen LogP contribution in [0.2, 0.25) is 0 Å². The topological polar surface area (TPSA) is 359 Å². The zero-order chi connectivity index (χ0) is 76.5. The minimum atomic E-state index is -0.978. The number of hydrogen-bond donors (Lipinski definition) is 10. The third-order valence-electron chi connectivity index (χ3n) is 14.2. The lowest BCUT2D eigenvalue weighted by molar-refractivity contribution is -0.124. The Bertz CT molecular complexity index is 2490. The molecule has 0 bridgehead atoms. The van der Waals surface area contributed by atoms with E-state index in [1.165, 1.54) is 5.56 Å². The molecule has 580 valence electrons. The summed E-state index contributed by atoms with van der Waals surface area (Å²) in [4.78, 5) is 133. The van der Waals surface area contributed by atoms with Crippen LogP contribution >= 0.6 is 0 Å². The first kappa shape index (κ1) is 91.5. The molecule has 0 fully saturated rings. The van der Waals surface area contributed by atoms with Gasteiger partial charge in [0.15, 0.2) is 0 Å². The van der Waals surface area contributed by atoms with Gasteiger partial charge in [-0.15, -0.1) is 0 Å². The Kier molecular flexibility index (Phi) is 42.5. The Morgan fingerprint density at radius 2 is 0.594 bits per heavy atom. The van der Waals surface area contributed by atoms with E-state index in [1.807, 2.05) is 12.1 Å². The van der Waals surface area contributed by atoms with Crippen LogP contribution in [0.5, 0.6) is 5.75 Å². The van der Waals surface area contributed by atoms with Crippen molar-refractivity contribution in [1.29, 1.82) is 0 Å². The predicted octanol–water partition coefficient (Wildman–Crippen LogP) is 10.6. The highest BCUT2D eigenvalue weighted by Gasteiger charge is 2.30. The van der Waals surface area contributed by atoms with E-state index in [9.17, 15) is 47.9 Å². The summed E-state index contributed by atoms with van der Waals surface area (Å²) in [5.74, 6) is -0.973. The van der Waals surface area contributed by atoms with Gasteiger partial charge in [0.05, 0.1) is 0 Å². The highest BCUT2D eigenvalue weighted by atomic mass is 16.6. The second-order valence-corrected chi connectivity index (χ2v) is 31.3. The fourth-order valence-electron chi connectivity index (χ4n) is 9.68. The summed E-state index contributed by atoms with van der Waals surface area (Å²) < 4.78 is 38.7. The molecule has 0 aliphatic heterocycles. The number of benzene rings is 1. The van der Waals surface area contributed by atoms with Crippen LogP contribution in [0.4, 0.5) is 28.8 Å². The highest BCUT2D eigenvalue weighted by Crippen LogP contribution is 2.18. The number of amides is 10.